The average Bonchev–Trinajstić information content (AvgIpc) is 2.83. The Morgan fingerprint density at radius 1 is 1.17 bits per heavy atom. The van der Waals surface area contributed by atoms with Crippen LogP contribution in [0.25, 0.3) is 0 Å². The molecule has 0 radical (unpaired) electrons. The van der Waals surface area contributed by atoms with Gasteiger partial charge in [-0.2, -0.15) is 0 Å². The summed E-state index contributed by atoms with van der Waals surface area (Å²) in [6.07, 6.45) is 0. The van der Waals surface area contributed by atoms with Crippen molar-refractivity contribution in [3.8, 4) is 11.5 Å². The molecule has 0 amide bonds. The summed E-state index contributed by atoms with van der Waals surface area (Å²) in [5, 5.41) is 0. The molecule has 0 unspecified atom stereocenters. The zero-order valence-corrected chi connectivity index (χ0v) is 15.5. The van der Waals surface area contributed by atoms with Gasteiger partial charge in [0.05, 0.1) is 11.1 Å². The number of rotatable bonds is 3. The second-order valence-corrected chi connectivity index (χ2v) is 7.20. The van der Waals surface area contributed by atoms with Crippen LogP contribution in [0.5, 0.6) is 11.5 Å². The van der Waals surface area contributed by atoms with Crippen LogP contribution in [0, 0.1) is 0 Å². The number of hydrogen-bond donors (Lipinski definition) is 0. The Bertz CT molecular complexity index is 677. The van der Waals surface area contributed by atoms with Gasteiger partial charge in [-0.25, -0.2) is 0 Å². The smallest absolute Gasteiger partial charge is 0.133 e. The number of halogens is 1. The van der Waals surface area contributed by atoms with Crippen molar-refractivity contribution in [3.05, 3.63) is 70.7 Å². The topological polar surface area (TPSA) is 18.5 Å². The van der Waals surface area contributed by atoms with E-state index >= 15 is 0 Å². The van der Waals surface area contributed by atoms with Crippen LogP contribution in [0.2, 0.25) is 0 Å². The molecule has 1 heterocycles. The maximum Gasteiger partial charge on any atom is 0.133 e. The van der Waals surface area contributed by atoms with Crippen molar-refractivity contribution in [1.82, 2.24) is 0 Å². The summed E-state index contributed by atoms with van der Waals surface area (Å²) in [6, 6.07) is 16.0. The first-order valence-corrected chi connectivity index (χ1v) is 8.43. The van der Waals surface area contributed by atoms with Crippen LogP contribution in [-0.2, 0) is 5.41 Å². The third-order valence-corrected chi connectivity index (χ3v) is 4.17. The minimum atomic E-state index is 0.205. The molecular weight excluding hydrogens is 352 g/mol. The van der Waals surface area contributed by atoms with Gasteiger partial charge in [0.1, 0.15) is 18.1 Å². The number of benzene rings is 2. The van der Waals surface area contributed by atoms with Crippen LogP contribution in [-0.4, -0.2) is 13.2 Å². The van der Waals surface area contributed by atoms with Gasteiger partial charge in [-0.05, 0) is 46.6 Å². The summed E-state index contributed by atoms with van der Waals surface area (Å²) < 4.78 is 11.9. The Balaban J connectivity index is 0.000000167. The van der Waals surface area contributed by atoms with E-state index in [2.05, 4.69) is 48.5 Å². The Kier molecular flexibility index (Phi) is 5.89. The highest BCUT2D eigenvalue weighted by molar-refractivity contribution is 9.10. The molecule has 2 aromatic carbocycles. The van der Waals surface area contributed by atoms with Gasteiger partial charge in [-0.1, -0.05) is 50.8 Å². The molecule has 0 saturated carbocycles. The summed E-state index contributed by atoms with van der Waals surface area (Å²) in [4.78, 5) is 0. The molecule has 3 rings (SSSR count). The standard InChI is InChI=1S/C10H11BrO.C10H12O/c1-8(2)7-12-10-6-4-3-5-9(10)11;1-10(2)7-11-9-6-4-3-5-8(9)10/h3-6H,1,7H2,2H3;3-6H,7H2,1-2H3. The monoisotopic (exact) mass is 374 g/mol. The number of hydrogen-bond acceptors (Lipinski definition) is 2. The fourth-order valence-corrected chi connectivity index (χ4v) is 2.65. The lowest BCUT2D eigenvalue weighted by molar-refractivity contribution is 0.291. The van der Waals surface area contributed by atoms with Gasteiger partial charge in [0.15, 0.2) is 0 Å². The largest absolute Gasteiger partial charge is 0.492 e. The van der Waals surface area contributed by atoms with Crippen molar-refractivity contribution in [2.75, 3.05) is 13.2 Å². The Morgan fingerprint density at radius 2 is 1.83 bits per heavy atom. The molecule has 0 N–H and O–H groups in total. The first-order chi connectivity index (χ1) is 10.9. The second kappa shape index (κ2) is 7.69. The average molecular weight is 375 g/mol. The predicted octanol–water partition coefficient (Wildman–Crippen LogP) is 5.76. The third kappa shape index (κ3) is 4.87. The fourth-order valence-electron chi connectivity index (χ4n) is 2.25. The lowest BCUT2D eigenvalue weighted by Crippen LogP contribution is -2.18. The van der Waals surface area contributed by atoms with Crippen LogP contribution in [0.3, 0.4) is 0 Å². The number of ether oxygens (including phenoxy) is 2. The fraction of sp³-hybridized carbons (Fsp3) is 0.300. The summed E-state index contributed by atoms with van der Waals surface area (Å²) in [7, 11) is 0. The van der Waals surface area contributed by atoms with E-state index in [4.69, 9.17) is 9.47 Å². The molecule has 2 nitrogen and oxygen atoms in total. The van der Waals surface area contributed by atoms with E-state index in [1.54, 1.807) is 0 Å². The molecule has 1 aliphatic heterocycles. The van der Waals surface area contributed by atoms with E-state index in [0.717, 1.165) is 28.2 Å². The van der Waals surface area contributed by atoms with Crippen LogP contribution in [0.15, 0.2) is 65.2 Å². The predicted molar refractivity (Wildman–Crippen MR) is 99.4 cm³/mol. The van der Waals surface area contributed by atoms with Crippen molar-refractivity contribution in [3.63, 3.8) is 0 Å². The summed E-state index contributed by atoms with van der Waals surface area (Å²) >= 11 is 3.39. The number of fused-ring (bicyclic) bond motifs is 1. The molecule has 1 aliphatic rings. The molecule has 0 fully saturated rings. The lowest BCUT2D eigenvalue weighted by atomic mass is 9.87. The quantitative estimate of drug-likeness (QED) is 0.635. The molecular formula is C20H23BrO2. The van der Waals surface area contributed by atoms with Crippen molar-refractivity contribution in [2.45, 2.75) is 26.2 Å². The van der Waals surface area contributed by atoms with Crippen LogP contribution in [0.4, 0.5) is 0 Å². The first-order valence-electron chi connectivity index (χ1n) is 7.64. The molecule has 122 valence electrons. The molecule has 2 aromatic rings. The summed E-state index contributed by atoms with van der Waals surface area (Å²) in [6.45, 7) is 11.5. The molecule has 0 saturated heterocycles. The van der Waals surface area contributed by atoms with Crippen molar-refractivity contribution >= 4 is 15.9 Å². The van der Waals surface area contributed by atoms with Gasteiger partial charge in [-0.15, -0.1) is 0 Å². The van der Waals surface area contributed by atoms with Crippen molar-refractivity contribution in [2.24, 2.45) is 0 Å². The molecule has 0 bridgehead atoms. The summed E-state index contributed by atoms with van der Waals surface area (Å²) in [5.41, 5.74) is 2.56. The normalized spacial score (nSPS) is 14.1. The number of para-hydroxylation sites is 2. The van der Waals surface area contributed by atoms with Crippen LogP contribution in [0.1, 0.15) is 26.3 Å². The molecule has 0 atom stereocenters. The van der Waals surface area contributed by atoms with Crippen LogP contribution < -0.4 is 9.47 Å². The molecule has 0 spiro atoms. The molecule has 23 heavy (non-hydrogen) atoms. The van der Waals surface area contributed by atoms with Crippen molar-refractivity contribution in [1.29, 1.82) is 0 Å². The van der Waals surface area contributed by atoms with Gasteiger partial charge in [0, 0.05) is 11.0 Å². The molecule has 3 heteroatoms. The van der Waals surface area contributed by atoms with E-state index in [-0.39, 0.29) is 5.41 Å². The zero-order valence-electron chi connectivity index (χ0n) is 13.9. The zero-order chi connectivity index (χ0) is 16.9. The maximum atomic E-state index is 5.51. The maximum absolute atomic E-state index is 5.51. The van der Waals surface area contributed by atoms with Gasteiger partial charge >= 0.3 is 0 Å². The van der Waals surface area contributed by atoms with Crippen molar-refractivity contribution < 1.29 is 9.47 Å². The van der Waals surface area contributed by atoms with E-state index in [1.165, 1.54) is 5.56 Å². The second-order valence-electron chi connectivity index (χ2n) is 6.34. The summed E-state index contributed by atoms with van der Waals surface area (Å²) in [5.74, 6) is 1.91. The minimum absolute atomic E-state index is 0.205. The van der Waals surface area contributed by atoms with E-state index in [1.807, 2.05) is 43.3 Å². The third-order valence-electron chi connectivity index (χ3n) is 3.52. The van der Waals surface area contributed by atoms with Crippen LogP contribution >= 0.6 is 15.9 Å². The van der Waals surface area contributed by atoms with Gasteiger partial charge in [0.2, 0.25) is 0 Å². The van der Waals surface area contributed by atoms with E-state index in [9.17, 15) is 0 Å². The SMILES string of the molecule is C=C(C)COc1ccccc1Br.CC1(C)COc2ccccc21. The Morgan fingerprint density at radius 3 is 2.48 bits per heavy atom. The lowest BCUT2D eigenvalue weighted by Gasteiger charge is -2.14. The van der Waals surface area contributed by atoms with Gasteiger partial charge in [0.25, 0.3) is 0 Å². The minimum Gasteiger partial charge on any atom is -0.492 e. The Hall–Kier alpha value is -1.74. The highest BCUT2D eigenvalue weighted by atomic mass is 79.9. The van der Waals surface area contributed by atoms with Gasteiger partial charge < -0.3 is 9.47 Å². The van der Waals surface area contributed by atoms with E-state index in [0.29, 0.717) is 6.61 Å². The molecule has 0 aromatic heterocycles. The highest BCUT2D eigenvalue weighted by Crippen LogP contribution is 2.37. The Labute approximate surface area is 147 Å². The van der Waals surface area contributed by atoms with Gasteiger partial charge in [-0.3, -0.25) is 0 Å². The molecule has 0 aliphatic carbocycles. The highest BCUT2D eigenvalue weighted by Gasteiger charge is 2.30. The van der Waals surface area contributed by atoms with E-state index < -0.39 is 0 Å². The first kappa shape index (κ1) is 17.6.